The van der Waals surface area contributed by atoms with Crippen LogP contribution < -0.4 is 14.6 Å². The maximum Gasteiger partial charge on any atom is 0.262 e. The van der Waals surface area contributed by atoms with Gasteiger partial charge in [-0.15, -0.1) is 0 Å². The lowest BCUT2D eigenvalue weighted by Crippen LogP contribution is -2.32. The number of hydrogen-bond acceptors (Lipinski definition) is 3. The van der Waals surface area contributed by atoms with Crippen molar-refractivity contribution in [3.05, 3.63) is 48.3 Å². The zero-order chi connectivity index (χ0) is 14.5. The van der Waals surface area contributed by atoms with Crippen LogP contribution in [0.4, 0.5) is 5.69 Å². The molecular formula is C15H17N2O3+. The summed E-state index contributed by atoms with van der Waals surface area (Å²) < 4.78 is 7.21. The molecule has 0 aliphatic heterocycles. The molecule has 0 unspecified atom stereocenters. The summed E-state index contributed by atoms with van der Waals surface area (Å²) in [6, 6.07) is 10.7. The first-order valence-corrected chi connectivity index (χ1v) is 6.24. The van der Waals surface area contributed by atoms with E-state index in [-0.39, 0.29) is 18.3 Å². The molecule has 1 amide bonds. The van der Waals surface area contributed by atoms with Crippen molar-refractivity contribution in [1.29, 1.82) is 0 Å². The molecule has 0 spiro atoms. The van der Waals surface area contributed by atoms with Gasteiger partial charge in [0, 0.05) is 18.7 Å². The van der Waals surface area contributed by atoms with Crippen molar-refractivity contribution in [1.82, 2.24) is 0 Å². The summed E-state index contributed by atoms with van der Waals surface area (Å²) in [5, 5.41) is 12.5. The lowest BCUT2D eigenvalue weighted by molar-refractivity contribution is -0.678. The van der Waals surface area contributed by atoms with Gasteiger partial charge in [0.1, 0.15) is 7.05 Å². The van der Waals surface area contributed by atoms with Gasteiger partial charge in [-0.25, -0.2) is 4.57 Å². The number of rotatable bonds is 4. The van der Waals surface area contributed by atoms with Gasteiger partial charge in [-0.05, 0) is 12.1 Å². The Hall–Kier alpha value is -2.56. The van der Waals surface area contributed by atoms with Crippen LogP contribution in [0.25, 0.3) is 0 Å². The smallest absolute Gasteiger partial charge is 0.262 e. The first kappa shape index (κ1) is 13.9. The van der Waals surface area contributed by atoms with Gasteiger partial charge in [-0.1, -0.05) is 18.2 Å². The topological polar surface area (TPSA) is 62.4 Å². The van der Waals surface area contributed by atoms with Gasteiger partial charge in [0.15, 0.2) is 18.6 Å². The van der Waals surface area contributed by atoms with E-state index in [1.807, 2.05) is 36.7 Å². The fourth-order valence-corrected chi connectivity index (χ4v) is 1.75. The number of amides is 1. The van der Waals surface area contributed by atoms with Crippen molar-refractivity contribution in [3.8, 4) is 11.5 Å². The van der Waals surface area contributed by atoms with E-state index in [1.54, 1.807) is 18.3 Å². The Bertz CT molecular complexity index is 612. The van der Waals surface area contributed by atoms with Gasteiger partial charge in [0.2, 0.25) is 11.4 Å². The van der Waals surface area contributed by atoms with Crippen LogP contribution in [0.5, 0.6) is 11.5 Å². The predicted octanol–water partition coefficient (Wildman–Crippen LogP) is 1.54. The summed E-state index contributed by atoms with van der Waals surface area (Å²) >= 11 is 0. The van der Waals surface area contributed by atoms with Crippen molar-refractivity contribution < 1.29 is 19.2 Å². The number of aromatic hydroxyl groups is 1. The van der Waals surface area contributed by atoms with Crippen LogP contribution in [0.2, 0.25) is 0 Å². The molecule has 0 saturated carbocycles. The Morgan fingerprint density at radius 1 is 1.30 bits per heavy atom. The number of carbonyl (C=O) groups is 1. The molecule has 1 aromatic heterocycles. The number of ether oxygens (including phenoxy) is 1. The minimum atomic E-state index is -0.276. The van der Waals surface area contributed by atoms with Crippen LogP contribution >= 0.6 is 0 Å². The number of nitrogens with zero attached hydrogens (tertiary/aromatic N) is 1. The second-order valence-electron chi connectivity index (χ2n) is 4.43. The van der Waals surface area contributed by atoms with E-state index in [4.69, 9.17) is 4.74 Å². The van der Waals surface area contributed by atoms with Crippen molar-refractivity contribution in [2.45, 2.75) is 6.92 Å². The Balaban J connectivity index is 1.99. The third-order valence-electron chi connectivity index (χ3n) is 2.95. The van der Waals surface area contributed by atoms with E-state index in [1.165, 1.54) is 6.07 Å². The average molecular weight is 273 g/mol. The maximum absolute atomic E-state index is 11.8. The van der Waals surface area contributed by atoms with E-state index < -0.39 is 0 Å². The minimum absolute atomic E-state index is 0.0214. The standard InChI is InChI=1S/C15H16N2O3/c1-11-15(13(18)8-9-17(11)2)20-10-14(19)16-12-6-4-3-5-7-12/h3-9H,10H2,1-2H3,(H,16,19)/p+1. The molecule has 1 heterocycles. The van der Waals surface area contributed by atoms with Crippen molar-refractivity contribution in [2.75, 3.05) is 11.9 Å². The minimum Gasteiger partial charge on any atom is -0.504 e. The van der Waals surface area contributed by atoms with Crippen molar-refractivity contribution in [3.63, 3.8) is 0 Å². The van der Waals surface area contributed by atoms with E-state index in [9.17, 15) is 9.90 Å². The Kier molecular flexibility index (Phi) is 4.20. The molecule has 1 aromatic carbocycles. The number of nitrogens with one attached hydrogen (secondary N) is 1. The zero-order valence-corrected chi connectivity index (χ0v) is 11.5. The van der Waals surface area contributed by atoms with E-state index in [0.717, 1.165) is 5.69 Å². The zero-order valence-electron chi connectivity index (χ0n) is 11.5. The van der Waals surface area contributed by atoms with Gasteiger partial charge in [0.05, 0.1) is 0 Å². The summed E-state index contributed by atoms with van der Waals surface area (Å²) in [4.78, 5) is 11.8. The van der Waals surface area contributed by atoms with Gasteiger partial charge in [-0.2, -0.15) is 0 Å². The SMILES string of the molecule is Cc1c(OCC(=O)Nc2ccccc2)c(O)cc[n+]1C. The number of para-hydroxylation sites is 1. The second kappa shape index (κ2) is 6.06. The van der Waals surface area contributed by atoms with Gasteiger partial charge in [-0.3, -0.25) is 4.79 Å². The molecule has 5 heteroatoms. The molecule has 2 aromatic rings. The Morgan fingerprint density at radius 2 is 2.00 bits per heavy atom. The van der Waals surface area contributed by atoms with Crippen LogP contribution in [0.3, 0.4) is 0 Å². The summed E-state index contributed by atoms with van der Waals surface area (Å²) in [5.74, 6) is 0.0628. The number of hydrogen-bond donors (Lipinski definition) is 2. The molecule has 5 nitrogen and oxygen atoms in total. The molecule has 0 fully saturated rings. The van der Waals surface area contributed by atoms with Crippen LogP contribution in [0.1, 0.15) is 5.69 Å². The van der Waals surface area contributed by atoms with Crippen molar-refractivity contribution >= 4 is 11.6 Å². The van der Waals surface area contributed by atoms with Crippen LogP contribution in [-0.2, 0) is 11.8 Å². The fraction of sp³-hybridized carbons (Fsp3) is 0.200. The third kappa shape index (κ3) is 3.26. The van der Waals surface area contributed by atoms with Crippen LogP contribution in [-0.4, -0.2) is 17.6 Å². The largest absolute Gasteiger partial charge is 0.504 e. The van der Waals surface area contributed by atoms with Crippen LogP contribution in [0, 0.1) is 6.92 Å². The van der Waals surface area contributed by atoms with Gasteiger partial charge in [0.25, 0.3) is 5.91 Å². The monoisotopic (exact) mass is 273 g/mol. The predicted molar refractivity (Wildman–Crippen MR) is 74.6 cm³/mol. The maximum atomic E-state index is 11.8. The van der Waals surface area contributed by atoms with Gasteiger partial charge >= 0.3 is 0 Å². The summed E-state index contributed by atoms with van der Waals surface area (Å²) in [5.41, 5.74) is 1.46. The highest BCUT2D eigenvalue weighted by Crippen LogP contribution is 2.26. The van der Waals surface area contributed by atoms with E-state index >= 15 is 0 Å². The number of pyridine rings is 1. The number of aryl methyl sites for hydroxylation is 1. The second-order valence-corrected chi connectivity index (χ2v) is 4.43. The highest BCUT2D eigenvalue weighted by Gasteiger charge is 2.16. The first-order chi connectivity index (χ1) is 9.58. The fourth-order valence-electron chi connectivity index (χ4n) is 1.75. The lowest BCUT2D eigenvalue weighted by Gasteiger charge is -2.09. The molecule has 0 radical (unpaired) electrons. The van der Waals surface area contributed by atoms with Crippen molar-refractivity contribution in [2.24, 2.45) is 7.05 Å². The Labute approximate surface area is 117 Å². The molecular weight excluding hydrogens is 256 g/mol. The molecule has 0 saturated heterocycles. The molecule has 0 atom stereocenters. The number of aromatic nitrogens is 1. The highest BCUT2D eigenvalue weighted by atomic mass is 16.5. The average Bonchev–Trinajstić information content (AvgIpc) is 2.44. The molecule has 2 N–H and O–H groups in total. The summed E-state index contributed by atoms with van der Waals surface area (Å²) in [7, 11) is 1.84. The molecule has 20 heavy (non-hydrogen) atoms. The summed E-state index contributed by atoms with van der Waals surface area (Å²) in [6.45, 7) is 1.65. The number of anilines is 1. The lowest BCUT2D eigenvalue weighted by atomic mass is 10.3. The Morgan fingerprint density at radius 3 is 2.70 bits per heavy atom. The number of carbonyl (C=O) groups excluding carboxylic acids is 1. The number of benzene rings is 1. The highest BCUT2D eigenvalue weighted by molar-refractivity contribution is 5.91. The third-order valence-corrected chi connectivity index (χ3v) is 2.95. The molecule has 0 bridgehead atoms. The summed E-state index contributed by atoms with van der Waals surface area (Å²) in [6.07, 6.45) is 1.72. The quantitative estimate of drug-likeness (QED) is 0.831. The van der Waals surface area contributed by atoms with Crippen LogP contribution in [0.15, 0.2) is 42.6 Å². The molecule has 104 valence electrons. The molecule has 2 rings (SSSR count). The normalized spacial score (nSPS) is 10.1. The molecule has 0 aliphatic rings. The first-order valence-electron chi connectivity index (χ1n) is 6.24. The van der Waals surface area contributed by atoms with E-state index in [0.29, 0.717) is 11.4 Å². The molecule has 0 aliphatic carbocycles. The van der Waals surface area contributed by atoms with Gasteiger partial charge < -0.3 is 15.2 Å². The van der Waals surface area contributed by atoms with E-state index in [2.05, 4.69) is 5.32 Å².